The summed E-state index contributed by atoms with van der Waals surface area (Å²) < 4.78 is 8.05. The van der Waals surface area contributed by atoms with Gasteiger partial charge in [-0.25, -0.2) is 0 Å². The quantitative estimate of drug-likeness (QED) is 0.625. The minimum Gasteiger partial charge on any atom is -0.311 e. The SMILES string of the molecule is CCC(CNI)OI. The predicted octanol–water partition coefficient (Wildman–Crippen LogP) is 2.07. The van der Waals surface area contributed by atoms with Gasteiger partial charge in [-0.2, -0.15) is 0 Å². The van der Waals surface area contributed by atoms with Crippen molar-refractivity contribution >= 4 is 45.9 Å². The van der Waals surface area contributed by atoms with Crippen molar-refractivity contribution in [2.75, 3.05) is 6.54 Å². The maximum atomic E-state index is 5.04. The van der Waals surface area contributed by atoms with Crippen molar-refractivity contribution < 1.29 is 3.07 Å². The fraction of sp³-hybridized carbons (Fsp3) is 1.00. The van der Waals surface area contributed by atoms with Crippen LogP contribution in [0.15, 0.2) is 0 Å². The lowest BCUT2D eigenvalue weighted by Gasteiger charge is -2.07. The topological polar surface area (TPSA) is 21.3 Å². The van der Waals surface area contributed by atoms with Crippen molar-refractivity contribution in [2.24, 2.45) is 0 Å². The van der Waals surface area contributed by atoms with Gasteiger partial charge in [0, 0.05) is 29.4 Å². The molecule has 0 aromatic carbocycles. The molecule has 0 radical (unpaired) electrons. The fourth-order valence-electron chi connectivity index (χ4n) is 0.325. The predicted molar refractivity (Wildman–Crippen MR) is 51.2 cm³/mol. The Morgan fingerprint density at radius 3 is 2.50 bits per heavy atom. The lowest BCUT2D eigenvalue weighted by Crippen LogP contribution is -2.19. The first kappa shape index (κ1) is 9.38. The number of rotatable bonds is 4. The van der Waals surface area contributed by atoms with E-state index >= 15 is 0 Å². The molecule has 0 saturated carbocycles. The largest absolute Gasteiger partial charge is 0.311 e. The van der Waals surface area contributed by atoms with E-state index in [-0.39, 0.29) is 0 Å². The maximum Gasteiger partial charge on any atom is 0.110 e. The average molecular weight is 341 g/mol. The van der Waals surface area contributed by atoms with Crippen molar-refractivity contribution in [3.05, 3.63) is 0 Å². The van der Waals surface area contributed by atoms with E-state index in [1.54, 1.807) is 0 Å². The highest BCUT2D eigenvalue weighted by Gasteiger charge is 2.01. The Bertz CT molecular complexity index is 49.3. The summed E-state index contributed by atoms with van der Waals surface area (Å²) in [6, 6.07) is 0. The summed E-state index contributed by atoms with van der Waals surface area (Å²) in [6.07, 6.45) is 1.44. The van der Waals surface area contributed by atoms with Gasteiger partial charge < -0.3 is 3.07 Å². The Balaban J connectivity index is 3.07. The Morgan fingerprint density at radius 2 is 2.38 bits per heavy atom. The standard InChI is InChI=1S/C4H9I2NO/c1-2-4(8-6)3-7-5/h4,7H,2-3H2,1H3. The van der Waals surface area contributed by atoms with Crippen molar-refractivity contribution in [3.8, 4) is 0 Å². The van der Waals surface area contributed by atoms with Gasteiger partial charge in [0.1, 0.15) is 23.0 Å². The molecule has 0 spiro atoms. The molecule has 1 N–H and O–H groups in total. The monoisotopic (exact) mass is 341 g/mol. The Morgan fingerprint density at radius 1 is 1.75 bits per heavy atom. The highest BCUT2D eigenvalue weighted by atomic mass is 127. The van der Waals surface area contributed by atoms with E-state index in [0.717, 1.165) is 13.0 Å². The molecule has 0 heterocycles. The molecule has 0 aliphatic rings. The summed E-state index contributed by atoms with van der Waals surface area (Å²) >= 11 is 4.05. The molecule has 0 aliphatic heterocycles. The number of hydrogen-bond acceptors (Lipinski definition) is 2. The first-order valence-electron chi connectivity index (χ1n) is 2.46. The van der Waals surface area contributed by atoms with Gasteiger partial charge in [0.05, 0.1) is 6.10 Å². The number of nitrogens with one attached hydrogen (secondary N) is 1. The molecule has 4 heteroatoms. The van der Waals surface area contributed by atoms with Crippen LogP contribution in [-0.2, 0) is 3.07 Å². The van der Waals surface area contributed by atoms with Crippen LogP contribution < -0.4 is 3.53 Å². The summed E-state index contributed by atoms with van der Waals surface area (Å²) in [5, 5.41) is 0. The van der Waals surface area contributed by atoms with Crippen molar-refractivity contribution in [3.63, 3.8) is 0 Å². The van der Waals surface area contributed by atoms with Crippen LogP contribution in [0, 0.1) is 0 Å². The van der Waals surface area contributed by atoms with Crippen LogP contribution in [0.25, 0.3) is 0 Å². The minimum atomic E-state index is 0.368. The zero-order chi connectivity index (χ0) is 6.41. The van der Waals surface area contributed by atoms with E-state index in [1.165, 1.54) is 0 Å². The maximum absolute atomic E-state index is 5.04. The second-order valence-electron chi connectivity index (χ2n) is 1.46. The average Bonchev–Trinajstić information content (AvgIpc) is 1.83. The Kier molecular flexibility index (Phi) is 7.62. The van der Waals surface area contributed by atoms with Gasteiger partial charge in [-0.15, -0.1) is 0 Å². The fourth-order valence-corrected chi connectivity index (χ4v) is 1.36. The molecule has 0 aromatic heterocycles. The summed E-state index contributed by atoms with van der Waals surface area (Å²) in [7, 11) is 0. The number of hydrogen-bond donors (Lipinski definition) is 1. The highest BCUT2D eigenvalue weighted by molar-refractivity contribution is 14.1. The van der Waals surface area contributed by atoms with E-state index in [9.17, 15) is 0 Å². The summed E-state index contributed by atoms with van der Waals surface area (Å²) in [4.78, 5) is 0. The lowest BCUT2D eigenvalue weighted by atomic mass is 10.3. The Labute approximate surface area is 77.9 Å². The van der Waals surface area contributed by atoms with Crippen LogP contribution in [0.2, 0.25) is 0 Å². The summed E-state index contributed by atoms with van der Waals surface area (Å²) in [5.74, 6) is 0. The second kappa shape index (κ2) is 6.50. The second-order valence-corrected chi connectivity index (χ2v) is 2.73. The number of halogens is 2. The van der Waals surface area contributed by atoms with Gasteiger partial charge >= 0.3 is 0 Å². The molecular formula is C4H9I2NO. The van der Waals surface area contributed by atoms with Gasteiger partial charge in [-0.3, -0.25) is 3.53 Å². The van der Waals surface area contributed by atoms with Gasteiger partial charge in [-0.05, 0) is 6.42 Å². The van der Waals surface area contributed by atoms with Gasteiger partial charge in [0.15, 0.2) is 0 Å². The minimum absolute atomic E-state index is 0.368. The van der Waals surface area contributed by atoms with Gasteiger partial charge in [0.25, 0.3) is 0 Å². The molecule has 1 atom stereocenters. The lowest BCUT2D eigenvalue weighted by molar-refractivity contribution is 0.281. The molecule has 0 saturated heterocycles. The van der Waals surface area contributed by atoms with Gasteiger partial charge in [0.2, 0.25) is 0 Å². The molecule has 1 unspecified atom stereocenters. The highest BCUT2D eigenvalue weighted by Crippen LogP contribution is 2.01. The van der Waals surface area contributed by atoms with E-state index in [2.05, 4.69) is 33.3 Å². The zero-order valence-electron chi connectivity index (χ0n) is 4.66. The molecular weight excluding hydrogens is 332 g/mol. The normalized spacial score (nSPS) is 13.9. The Hall–Kier alpha value is 1.38. The van der Waals surface area contributed by atoms with Crippen LogP contribution in [0.4, 0.5) is 0 Å². The van der Waals surface area contributed by atoms with E-state index in [0.29, 0.717) is 6.10 Å². The molecule has 0 aliphatic carbocycles. The first-order chi connectivity index (χ1) is 3.85. The first-order valence-corrected chi connectivity index (χ1v) is 4.42. The van der Waals surface area contributed by atoms with E-state index in [1.807, 2.05) is 23.0 Å². The molecule has 2 nitrogen and oxygen atoms in total. The molecule has 0 fully saturated rings. The van der Waals surface area contributed by atoms with E-state index < -0.39 is 0 Å². The molecule has 8 heavy (non-hydrogen) atoms. The summed E-state index contributed by atoms with van der Waals surface area (Å²) in [6.45, 7) is 3.04. The summed E-state index contributed by atoms with van der Waals surface area (Å²) in [5.41, 5.74) is 0. The van der Waals surface area contributed by atoms with Crippen molar-refractivity contribution in [1.82, 2.24) is 3.53 Å². The molecule has 0 bridgehead atoms. The van der Waals surface area contributed by atoms with Crippen LogP contribution in [0.3, 0.4) is 0 Å². The van der Waals surface area contributed by atoms with Crippen LogP contribution in [-0.4, -0.2) is 12.6 Å². The molecule has 0 rings (SSSR count). The molecule has 0 amide bonds. The third kappa shape index (κ3) is 4.28. The third-order valence-corrected chi connectivity index (χ3v) is 2.05. The van der Waals surface area contributed by atoms with E-state index in [4.69, 9.17) is 3.07 Å². The smallest absolute Gasteiger partial charge is 0.110 e. The van der Waals surface area contributed by atoms with Crippen LogP contribution in [0.5, 0.6) is 0 Å². The van der Waals surface area contributed by atoms with Gasteiger partial charge in [-0.1, -0.05) is 6.92 Å². The third-order valence-electron chi connectivity index (χ3n) is 0.886. The van der Waals surface area contributed by atoms with Crippen LogP contribution >= 0.6 is 45.9 Å². The van der Waals surface area contributed by atoms with Crippen LogP contribution in [0.1, 0.15) is 13.3 Å². The molecule has 50 valence electrons. The zero-order valence-corrected chi connectivity index (χ0v) is 8.97. The molecule has 0 aromatic rings. The van der Waals surface area contributed by atoms with Crippen molar-refractivity contribution in [2.45, 2.75) is 19.4 Å². The van der Waals surface area contributed by atoms with Crippen molar-refractivity contribution in [1.29, 1.82) is 0 Å².